The minimum Gasteiger partial charge on any atom is -0.492 e. The molecule has 0 unspecified atom stereocenters. The molecular weight excluding hydrogens is 638 g/mol. The van der Waals surface area contributed by atoms with Crippen LogP contribution in [-0.2, 0) is 9.53 Å². The van der Waals surface area contributed by atoms with Gasteiger partial charge in [0, 0.05) is 25.2 Å². The molecule has 0 aliphatic rings. The number of nitrogens with zero attached hydrogens (tertiary/aromatic N) is 2. The third kappa shape index (κ3) is 23.1. The zero-order chi connectivity index (χ0) is 37.2. The summed E-state index contributed by atoms with van der Waals surface area (Å²) in [6, 6.07) is 1.26. The molecule has 0 saturated carbocycles. The molecule has 11 nitrogen and oxygen atoms in total. The molecule has 0 fully saturated rings. The Kier molecular flexibility index (Phi) is 24.8. The van der Waals surface area contributed by atoms with Crippen LogP contribution in [0, 0.1) is 0 Å². The Labute approximate surface area is 303 Å². The third-order valence-electron chi connectivity index (χ3n) is 8.89. The van der Waals surface area contributed by atoms with Crippen LogP contribution in [0.15, 0.2) is 12.1 Å². The Morgan fingerprint density at radius 3 is 1.56 bits per heavy atom. The first-order valence-electron chi connectivity index (χ1n) is 19.8. The molecule has 0 aliphatic carbocycles. The normalized spacial score (nSPS) is 13.7. The maximum Gasteiger partial charge on any atom is 0.408 e. The van der Waals surface area contributed by atoms with Gasteiger partial charge in [-0.05, 0) is 59.4 Å². The maximum atomic E-state index is 13.0. The van der Waals surface area contributed by atoms with Gasteiger partial charge in [0.2, 0.25) is 11.8 Å². The highest BCUT2D eigenvalue weighted by Gasteiger charge is 2.27. The van der Waals surface area contributed by atoms with E-state index in [1.54, 1.807) is 20.8 Å². The second-order valence-electron chi connectivity index (χ2n) is 15.0. The van der Waals surface area contributed by atoms with Crippen molar-refractivity contribution in [3.05, 3.63) is 12.1 Å². The van der Waals surface area contributed by atoms with Gasteiger partial charge in [-0.1, -0.05) is 117 Å². The minimum atomic E-state index is -1.10. The van der Waals surface area contributed by atoms with Crippen LogP contribution in [0.5, 0.6) is 11.8 Å². The zero-order valence-corrected chi connectivity index (χ0v) is 32.2. The molecule has 1 amide bonds. The van der Waals surface area contributed by atoms with Crippen molar-refractivity contribution in [1.82, 2.24) is 14.9 Å². The average molecular weight is 712 g/mol. The summed E-state index contributed by atoms with van der Waals surface area (Å²) < 4.78 is 5.94. The number of hydrogen-bond donors (Lipinski definition) is 5. The van der Waals surface area contributed by atoms with Gasteiger partial charge in [-0.15, -0.1) is 4.73 Å². The van der Waals surface area contributed by atoms with Crippen molar-refractivity contribution in [2.45, 2.75) is 193 Å². The lowest BCUT2D eigenvalue weighted by Crippen LogP contribution is -2.46. The first kappa shape index (κ1) is 45.5. The Morgan fingerprint density at radius 2 is 1.12 bits per heavy atom. The van der Waals surface area contributed by atoms with Crippen molar-refractivity contribution in [3.63, 3.8) is 0 Å². The zero-order valence-electron chi connectivity index (χ0n) is 32.2. The van der Waals surface area contributed by atoms with Gasteiger partial charge in [0.15, 0.2) is 0 Å². The van der Waals surface area contributed by atoms with E-state index < -0.39 is 47.7 Å². The molecule has 1 aromatic heterocycles. The van der Waals surface area contributed by atoms with Gasteiger partial charge in [0.05, 0.1) is 12.2 Å². The predicted octanol–water partition coefficient (Wildman–Crippen LogP) is 8.00. The molecular formula is C39H73N3O8. The molecule has 292 valence electrons. The molecule has 1 aromatic rings. The second-order valence-corrected chi connectivity index (χ2v) is 15.0. The van der Waals surface area contributed by atoms with E-state index in [0.29, 0.717) is 37.2 Å². The lowest BCUT2D eigenvalue weighted by molar-refractivity contribution is -0.148. The molecule has 11 heteroatoms. The topological polar surface area (TPSA) is 154 Å². The van der Waals surface area contributed by atoms with E-state index in [1.165, 1.54) is 89.2 Å². The highest BCUT2D eigenvalue weighted by Crippen LogP contribution is 2.20. The van der Waals surface area contributed by atoms with Crippen LogP contribution in [0.25, 0.3) is 0 Å². The number of rotatable bonds is 30. The summed E-state index contributed by atoms with van der Waals surface area (Å²) in [5, 5.41) is 44.3. The first-order chi connectivity index (χ1) is 23.9. The van der Waals surface area contributed by atoms with Crippen LogP contribution < -0.4 is 10.2 Å². The fourth-order valence-corrected chi connectivity index (χ4v) is 6.10. The van der Waals surface area contributed by atoms with Crippen molar-refractivity contribution >= 4 is 12.1 Å². The van der Waals surface area contributed by atoms with Gasteiger partial charge in [-0.3, -0.25) is 4.90 Å². The quantitative estimate of drug-likeness (QED) is 0.0500. The van der Waals surface area contributed by atoms with Gasteiger partial charge in [0.1, 0.15) is 11.6 Å². The average Bonchev–Trinajstić information content (AvgIpc) is 3.36. The Bertz CT molecular complexity index is 964. The number of aliphatic hydroxyl groups is 2. The fraction of sp³-hybridized carbons (Fsp3) is 0.846. The molecule has 5 N–H and O–H groups in total. The standard InChI is InChI=1S/C39H73N3O8/c1-6-8-10-12-14-16-18-20-24-32(43)30-41(31-33(44)25-21-19-17-15-13-11-9-7-2)29-23-22-26-34(40-38(48)49-39(3,4)5)37(47)50-42-35(45)27-28-36(42)46/h27-28,32-34,43-46H,6-26,29-31H2,1-5H3,(H,40,48)/t32-,33-,34+/m0/s1. The van der Waals surface area contributed by atoms with Gasteiger partial charge in [-0.2, -0.15) is 0 Å². The molecule has 1 heterocycles. The highest BCUT2D eigenvalue weighted by molar-refractivity contribution is 5.81. The number of nitrogens with one attached hydrogen (secondary N) is 1. The van der Waals surface area contributed by atoms with Crippen molar-refractivity contribution in [3.8, 4) is 11.8 Å². The smallest absolute Gasteiger partial charge is 0.408 e. The van der Waals surface area contributed by atoms with E-state index in [-0.39, 0.29) is 6.42 Å². The van der Waals surface area contributed by atoms with Crippen molar-refractivity contribution in [2.24, 2.45) is 0 Å². The highest BCUT2D eigenvalue weighted by atomic mass is 16.7. The molecule has 1 rings (SSSR count). The summed E-state index contributed by atoms with van der Waals surface area (Å²) in [5.74, 6) is -1.78. The number of ether oxygens (including phenoxy) is 1. The number of hydrogen-bond acceptors (Lipinski definition) is 9. The first-order valence-corrected chi connectivity index (χ1v) is 19.8. The number of alkyl carbamates (subject to hydrolysis) is 1. The molecule has 0 spiro atoms. The van der Waals surface area contributed by atoms with E-state index >= 15 is 0 Å². The third-order valence-corrected chi connectivity index (χ3v) is 8.89. The van der Waals surface area contributed by atoms with Gasteiger partial charge in [-0.25, -0.2) is 9.59 Å². The number of aromatic hydroxyl groups is 2. The van der Waals surface area contributed by atoms with Crippen LogP contribution in [0.1, 0.15) is 169 Å². The predicted molar refractivity (Wildman–Crippen MR) is 199 cm³/mol. The Balaban J connectivity index is 2.72. The lowest BCUT2D eigenvalue weighted by Gasteiger charge is -2.28. The summed E-state index contributed by atoms with van der Waals surface area (Å²) in [5.41, 5.74) is -0.777. The van der Waals surface area contributed by atoms with Gasteiger partial charge < -0.3 is 35.3 Å². The molecule has 0 bridgehead atoms. The minimum absolute atomic E-state index is 0.219. The SMILES string of the molecule is CCCCCCCCCC[C@H](O)CN(CCCC[C@@H](NC(=O)OC(C)(C)C)C(=O)On1c(O)ccc1O)C[C@@H](O)CCCCCCCCCC. The molecule has 50 heavy (non-hydrogen) atoms. The van der Waals surface area contributed by atoms with E-state index in [1.807, 2.05) is 0 Å². The number of unbranched alkanes of at least 4 members (excludes halogenated alkanes) is 15. The number of amides is 1. The summed E-state index contributed by atoms with van der Waals surface area (Å²) in [6.45, 7) is 11.2. The van der Waals surface area contributed by atoms with Crippen molar-refractivity contribution in [2.75, 3.05) is 19.6 Å². The van der Waals surface area contributed by atoms with Crippen molar-refractivity contribution in [1.29, 1.82) is 0 Å². The van der Waals surface area contributed by atoms with E-state index in [9.17, 15) is 30.0 Å². The number of aliphatic hydroxyl groups excluding tert-OH is 2. The van der Waals surface area contributed by atoms with E-state index in [2.05, 4.69) is 24.1 Å². The molecule has 0 aromatic carbocycles. The largest absolute Gasteiger partial charge is 0.492 e. The number of carbonyl (C=O) groups excluding carboxylic acids is 2. The van der Waals surface area contributed by atoms with E-state index in [4.69, 9.17) is 9.57 Å². The number of aromatic nitrogens is 1. The number of carbonyl (C=O) groups is 2. The summed E-state index contributed by atoms with van der Waals surface area (Å²) in [4.78, 5) is 32.9. The van der Waals surface area contributed by atoms with Crippen LogP contribution in [0.3, 0.4) is 0 Å². The monoisotopic (exact) mass is 712 g/mol. The van der Waals surface area contributed by atoms with E-state index in [0.717, 1.165) is 38.5 Å². The van der Waals surface area contributed by atoms with Crippen LogP contribution >= 0.6 is 0 Å². The molecule has 3 atom stereocenters. The molecule has 0 saturated heterocycles. The fourth-order valence-electron chi connectivity index (χ4n) is 6.10. The van der Waals surface area contributed by atoms with Gasteiger partial charge in [0.25, 0.3) is 0 Å². The van der Waals surface area contributed by atoms with Crippen molar-refractivity contribution < 1.29 is 39.6 Å². The summed E-state index contributed by atoms with van der Waals surface area (Å²) in [7, 11) is 0. The molecule has 0 radical (unpaired) electrons. The maximum absolute atomic E-state index is 13.0. The lowest BCUT2D eigenvalue weighted by atomic mass is 10.0. The summed E-state index contributed by atoms with van der Waals surface area (Å²) in [6.07, 6.45) is 20.4. The van der Waals surface area contributed by atoms with Crippen LogP contribution in [0.4, 0.5) is 4.79 Å². The second kappa shape index (κ2) is 27.2. The van der Waals surface area contributed by atoms with Gasteiger partial charge >= 0.3 is 12.1 Å². The Morgan fingerprint density at radius 1 is 0.700 bits per heavy atom. The van der Waals surface area contributed by atoms with Crippen LogP contribution in [0.2, 0.25) is 0 Å². The Hall–Kier alpha value is -2.50. The molecule has 0 aliphatic heterocycles. The van der Waals surface area contributed by atoms with Crippen LogP contribution in [-0.4, -0.2) is 85.6 Å². The summed E-state index contributed by atoms with van der Waals surface area (Å²) >= 11 is 0.